The molecule has 1 saturated heterocycles. The van der Waals surface area contributed by atoms with Gasteiger partial charge in [-0.3, -0.25) is 9.69 Å². The van der Waals surface area contributed by atoms with Crippen LogP contribution in [0.15, 0.2) is 74.2 Å². The number of benzene rings is 1. The van der Waals surface area contributed by atoms with Gasteiger partial charge in [0.2, 0.25) is 10.0 Å². The van der Waals surface area contributed by atoms with Crippen molar-refractivity contribution in [2.24, 2.45) is 5.14 Å². The van der Waals surface area contributed by atoms with E-state index in [4.69, 9.17) is 14.0 Å². The van der Waals surface area contributed by atoms with Crippen molar-refractivity contribution in [1.29, 1.82) is 0 Å². The first-order chi connectivity index (χ1) is 13.8. The number of primary sulfonamides is 1. The van der Waals surface area contributed by atoms with Crippen molar-refractivity contribution >= 4 is 28.0 Å². The molecular formula is C19H15N3O6S. The third-order valence-corrected chi connectivity index (χ3v) is 5.17. The summed E-state index contributed by atoms with van der Waals surface area (Å²) in [5, 5.41) is 7.59. The van der Waals surface area contributed by atoms with Crippen LogP contribution in [0.25, 0.3) is 17.4 Å². The van der Waals surface area contributed by atoms with Crippen LogP contribution in [0.2, 0.25) is 0 Å². The highest BCUT2D eigenvalue weighted by Gasteiger charge is 2.34. The summed E-state index contributed by atoms with van der Waals surface area (Å²) in [6, 6.07) is 11.9. The van der Waals surface area contributed by atoms with Crippen LogP contribution in [0.5, 0.6) is 0 Å². The Balaban J connectivity index is 1.53. The largest absolute Gasteiger partial charge is 0.467 e. The molecule has 10 heteroatoms. The summed E-state index contributed by atoms with van der Waals surface area (Å²) >= 11 is 0. The van der Waals surface area contributed by atoms with Crippen LogP contribution in [-0.2, 0) is 21.4 Å². The highest BCUT2D eigenvalue weighted by Crippen LogP contribution is 2.25. The fourth-order valence-electron chi connectivity index (χ4n) is 2.81. The third kappa shape index (κ3) is 3.84. The lowest BCUT2D eigenvalue weighted by molar-refractivity contribution is -0.123. The van der Waals surface area contributed by atoms with E-state index in [9.17, 15) is 18.0 Å². The Morgan fingerprint density at radius 2 is 1.83 bits per heavy atom. The molecule has 0 atom stereocenters. The van der Waals surface area contributed by atoms with E-state index in [0.717, 1.165) is 4.90 Å². The first kappa shape index (κ1) is 18.7. The second-order valence-electron chi connectivity index (χ2n) is 6.23. The summed E-state index contributed by atoms with van der Waals surface area (Å²) in [6.07, 6.45) is 2.88. The Labute approximate surface area is 165 Å². The molecule has 0 bridgehead atoms. The molecule has 0 saturated carbocycles. The van der Waals surface area contributed by atoms with E-state index < -0.39 is 22.0 Å². The first-order valence-corrected chi connectivity index (χ1v) is 9.96. The Morgan fingerprint density at radius 3 is 2.48 bits per heavy atom. The van der Waals surface area contributed by atoms with Gasteiger partial charge in [-0.25, -0.2) is 18.4 Å². The molecule has 29 heavy (non-hydrogen) atoms. The number of urea groups is 1. The lowest BCUT2D eigenvalue weighted by Gasteiger charge is -2.08. The van der Waals surface area contributed by atoms with Crippen LogP contribution in [0, 0.1) is 0 Å². The van der Waals surface area contributed by atoms with Gasteiger partial charge in [-0.2, -0.15) is 0 Å². The first-order valence-electron chi connectivity index (χ1n) is 8.41. The lowest BCUT2D eigenvalue weighted by Crippen LogP contribution is -2.30. The number of nitrogens with two attached hydrogens (primary N) is 1. The summed E-state index contributed by atoms with van der Waals surface area (Å²) in [5.74, 6) is 0.792. The molecule has 1 aliphatic heterocycles. The van der Waals surface area contributed by atoms with Crippen molar-refractivity contribution < 1.29 is 26.8 Å². The van der Waals surface area contributed by atoms with E-state index in [1.54, 1.807) is 36.4 Å². The van der Waals surface area contributed by atoms with Gasteiger partial charge in [-0.05, 0) is 48.5 Å². The molecule has 0 aliphatic carbocycles. The zero-order valence-corrected chi connectivity index (χ0v) is 15.7. The van der Waals surface area contributed by atoms with Gasteiger partial charge in [-0.15, -0.1) is 0 Å². The predicted octanol–water partition coefficient (Wildman–Crippen LogP) is 2.28. The van der Waals surface area contributed by atoms with E-state index in [0.29, 0.717) is 22.8 Å². The molecule has 1 fully saturated rings. The molecule has 1 aliphatic rings. The molecule has 0 unspecified atom stereocenters. The minimum absolute atomic E-state index is 0.00828. The van der Waals surface area contributed by atoms with Gasteiger partial charge in [0.25, 0.3) is 5.91 Å². The number of carbonyl (C=O) groups excluding carboxylic acids is 2. The molecule has 0 spiro atoms. The number of amides is 3. The van der Waals surface area contributed by atoms with Crippen molar-refractivity contribution in [3.63, 3.8) is 0 Å². The van der Waals surface area contributed by atoms with E-state index in [1.807, 2.05) is 0 Å². The Morgan fingerprint density at radius 1 is 1.07 bits per heavy atom. The Bertz CT molecular complexity index is 1210. The van der Waals surface area contributed by atoms with Crippen LogP contribution >= 0.6 is 0 Å². The van der Waals surface area contributed by atoms with Crippen molar-refractivity contribution in [3.05, 3.63) is 72.0 Å². The molecule has 9 nitrogen and oxygen atoms in total. The number of sulfonamides is 1. The van der Waals surface area contributed by atoms with Gasteiger partial charge < -0.3 is 14.2 Å². The lowest BCUT2D eigenvalue weighted by atomic mass is 10.2. The van der Waals surface area contributed by atoms with Gasteiger partial charge in [0, 0.05) is 11.6 Å². The SMILES string of the molecule is NS(=O)(=O)c1ccc(-c2ccc(/C=C3/NC(=O)N(Cc4ccco4)C3=O)o2)cc1. The fourth-order valence-corrected chi connectivity index (χ4v) is 3.33. The molecule has 1 aromatic carbocycles. The van der Waals surface area contributed by atoms with Crippen molar-refractivity contribution in [2.75, 3.05) is 0 Å². The minimum atomic E-state index is -3.78. The van der Waals surface area contributed by atoms with Crippen LogP contribution < -0.4 is 10.5 Å². The molecular weight excluding hydrogens is 398 g/mol. The number of furan rings is 2. The van der Waals surface area contributed by atoms with Crippen LogP contribution in [0.3, 0.4) is 0 Å². The number of nitrogens with zero attached hydrogens (tertiary/aromatic N) is 1. The second-order valence-corrected chi connectivity index (χ2v) is 7.79. The summed E-state index contributed by atoms with van der Waals surface area (Å²) in [7, 11) is -3.78. The van der Waals surface area contributed by atoms with Crippen molar-refractivity contribution in [1.82, 2.24) is 10.2 Å². The number of hydrogen-bond donors (Lipinski definition) is 2. The minimum Gasteiger partial charge on any atom is -0.467 e. The zero-order chi connectivity index (χ0) is 20.6. The summed E-state index contributed by atoms with van der Waals surface area (Å²) in [4.78, 5) is 25.6. The van der Waals surface area contributed by atoms with Crippen LogP contribution in [0.1, 0.15) is 11.5 Å². The second kappa shape index (κ2) is 7.08. The van der Waals surface area contributed by atoms with Crippen LogP contribution in [0.4, 0.5) is 4.79 Å². The van der Waals surface area contributed by atoms with Gasteiger partial charge in [0.1, 0.15) is 23.0 Å². The number of rotatable bonds is 5. The topological polar surface area (TPSA) is 136 Å². The number of nitrogens with one attached hydrogen (secondary N) is 1. The highest BCUT2D eigenvalue weighted by atomic mass is 32.2. The van der Waals surface area contributed by atoms with E-state index in [-0.39, 0.29) is 17.1 Å². The van der Waals surface area contributed by atoms with E-state index >= 15 is 0 Å². The molecule has 148 valence electrons. The van der Waals surface area contributed by atoms with Gasteiger partial charge >= 0.3 is 6.03 Å². The van der Waals surface area contributed by atoms with Gasteiger partial charge in [0.05, 0.1) is 17.7 Å². The maximum atomic E-state index is 12.5. The van der Waals surface area contributed by atoms with Crippen molar-refractivity contribution in [2.45, 2.75) is 11.4 Å². The van der Waals surface area contributed by atoms with E-state index in [2.05, 4.69) is 5.32 Å². The molecule has 3 aromatic rings. The maximum absolute atomic E-state index is 12.5. The Hall–Kier alpha value is -3.63. The molecule has 3 heterocycles. The van der Waals surface area contributed by atoms with Crippen LogP contribution in [-0.4, -0.2) is 25.3 Å². The van der Waals surface area contributed by atoms with Gasteiger partial charge in [0.15, 0.2) is 0 Å². The predicted molar refractivity (Wildman–Crippen MR) is 101 cm³/mol. The zero-order valence-electron chi connectivity index (χ0n) is 14.9. The maximum Gasteiger partial charge on any atom is 0.329 e. The average Bonchev–Trinajstić information content (AvgIpc) is 3.40. The molecule has 3 N–H and O–H groups in total. The number of hydrogen-bond acceptors (Lipinski definition) is 6. The highest BCUT2D eigenvalue weighted by molar-refractivity contribution is 7.89. The number of imide groups is 1. The van der Waals surface area contributed by atoms with Gasteiger partial charge in [-0.1, -0.05) is 0 Å². The van der Waals surface area contributed by atoms with E-state index in [1.165, 1.54) is 24.5 Å². The molecule has 3 amide bonds. The normalized spacial score (nSPS) is 15.9. The standard InChI is InChI=1S/C19H15N3O6S/c20-29(25,26)15-6-3-12(4-7-15)17-8-5-13(28-17)10-16-18(23)22(19(24)21-16)11-14-2-1-9-27-14/h1-10H,11H2,(H,21,24)(H2,20,25,26)/b16-10+. The van der Waals surface area contributed by atoms with Crippen molar-refractivity contribution in [3.8, 4) is 11.3 Å². The quantitative estimate of drug-likeness (QED) is 0.486. The molecule has 0 radical (unpaired) electrons. The Kier molecular flexibility index (Phi) is 4.57. The number of carbonyl (C=O) groups is 2. The molecule has 4 rings (SSSR count). The molecule has 2 aromatic heterocycles. The smallest absolute Gasteiger partial charge is 0.329 e. The summed E-state index contributed by atoms with van der Waals surface area (Å²) in [5.41, 5.74) is 0.704. The summed E-state index contributed by atoms with van der Waals surface area (Å²) < 4.78 is 33.5. The average molecular weight is 413 g/mol. The summed E-state index contributed by atoms with van der Waals surface area (Å²) in [6.45, 7) is 0.0226. The fraction of sp³-hybridized carbons (Fsp3) is 0.0526. The monoisotopic (exact) mass is 413 g/mol. The third-order valence-electron chi connectivity index (χ3n) is 4.24.